The van der Waals surface area contributed by atoms with Crippen molar-refractivity contribution in [2.75, 3.05) is 13.2 Å². The Bertz CT molecular complexity index is 633. The zero-order valence-corrected chi connectivity index (χ0v) is 28.8. The number of carboxylic acid groups (broad SMARTS) is 2. The van der Waals surface area contributed by atoms with Crippen LogP contribution < -0.4 is 10.2 Å². The molecular formula is C32H54O8Zn. The number of hydrogen-bond acceptors (Lipinski definition) is 8. The van der Waals surface area contributed by atoms with E-state index in [1.165, 1.54) is 103 Å². The molecular weight excluding hydrogens is 578 g/mol. The van der Waals surface area contributed by atoms with Crippen molar-refractivity contribution >= 4 is 23.9 Å². The number of carboxylic acids is 2. The van der Waals surface area contributed by atoms with Gasteiger partial charge in [-0.1, -0.05) is 129 Å². The third kappa shape index (κ3) is 42.6. The van der Waals surface area contributed by atoms with E-state index in [4.69, 9.17) is 9.47 Å². The number of hydrogen-bond donors (Lipinski definition) is 0. The van der Waals surface area contributed by atoms with E-state index in [9.17, 15) is 29.4 Å². The molecule has 0 fully saturated rings. The first-order valence-electron chi connectivity index (χ1n) is 15.4. The summed E-state index contributed by atoms with van der Waals surface area (Å²) in [6.45, 7) is 5.15. The molecule has 0 N–H and O–H groups in total. The van der Waals surface area contributed by atoms with Gasteiger partial charge in [-0.2, -0.15) is 0 Å². The third-order valence-electron chi connectivity index (χ3n) is 6.20. The third-order valence-corrected chi connectivity index (χ3v) is 6.20. The summed E-state index contributed by atoms with van der Waals surface area (Å²) in [6, 6.07) is 0. The average molecular weight is 632 g/mol. The van der Waals surface area contributed by atoms with E-state index in [1.54, 1.807) is 0 Å². The SMILES string of the molecule is CCCCCCCCCCCCOC(=O)/C=C\C(=O)[O-].CCCCCCCCCCCCOC(=O)/C=C\C(=O)[O-].[Zn+2]. The summed E-state index contributed by atoms with van der Waals surface area (Å²) in [6.07, 6.45) is 27.6. The molecule has 0 saturated carbocycles. The fourth-order valence-corrected chi connectivity index (χ4v) is 3.89. The van der Waals surface area contributed by atoms with Crippen LogP contribution in [0.25, 0.3) is 0 Å². The van der Waals surface area contributed by atoms with Crippen LogP contribution in [0.5, 0.6) is 0 Å². The summed E-state index contributed by atoms with van der Waals surface area (Å²) in [4.78, 5) is 42.1. The Morgan fingerprint density at radius 3 is 0.927 bits per heavy atom. The van der Waals surface area contributed by atoms with E-state index < -0.39 is 23.9 Å². The van der Waals surface area contributed by atoms with Gasteiger partial charge in [0, 0.05) is 12.2 Å². The Kier molecular flexibility index (Phi) is 38.2. The molecule has 0 radical (unpaired) electrons. The zero-order chi connectivity index (χ0) is 30.1. The number of esters is 2. The van der Waals surface area contributed by atoms with E-state index in [0.29, 0.717) is 25.4 Å². The van der Waals surface area contributed by atoms with E-state index in [1.807, 2.05) is 0 Å². The molecule has 8 nitrogen and oxygen atoms in total. The molecule has 0 bridgehead atoms. The summed E-state index contributed by atoms with van der Waals surface area (Å²) >= 11 is 0. The molecule has 0 aliphatic rings. The molecule has 9 heteroatoms. The molecule has 0 saturated heterocycles. The second-order valence-electron chi connectivity index (χ2n) is 10.0. The molecule has 0 spiro atoms. The van der Waals surface area contributed by atoms with E-state index in [0.717, 1.165) is 37.8 Å². The molecule has 0 rings (SSSR count). The van der Waals surface area contributed by atoms with Gasteiger partial charge in [0.1, 0.15) is 0 Å². The van der Waals surface area contributed by atoms with Crippen LogP contribution >= 0.6 is 0 Å². The van der Waals surface area contributed by atoms with Crippen molar-refractivity contribution in [3.8, 4) is 0 Å². The molecule has 0 aromatic rings. The van der Waals surface area contributed by atoms with Gasteiger partial charge < -0.3 is 29.3 Å². The predicted molar refractivity (Wildman–Crippen MR) is 154 cm³/mol. The van der Waals surface area contributed by atoms with Crippen molar-refractivity contribution in [1.29, 1.82) is 0 Å². The number of unbranched alkanes of at least 4 members (excludes halogenated alkanes) is 18. The minimum atomic E-state index is -1.39. The Morgan fingerprint density at radius 1 is 0.439 bits per heavy atom. The fourth-order valence-electron chi connectivity index (χ4n) is 3.89. The number of rotatable bonds is 26. The van der Waals surface area contributed by atoms with Crippen molar-refractivity contribution < 1.29 is 58.3 Å². The molecule has 0 heterocycles. The van der Waals surface area contributed by atoms with Gasteiger partial charge >= 0.3 is 31.4 Å². The standard InChI is InChI=1S/2C16H28O4.Zn/c2*1-2-3-4-5-6-7-8-9-10-11-14-20-16(19)13-12-15(17)18;/h2*12-13H,2-11,14H2,1H3,(H,17,18);/q;;+2/p-2/b2*13-12-;. The molecule has 0 unspecified atom stereocenters. The summed E-state index contributed by atoms with van der Waals surface area (Å²) < 4.78 is 9.70. The molecule has 0 aliphatic carbocycles. The van der Waals surface area contributed by atoms with Gasteiger partial charge in [-0.3, -0.25) is 0 Å². The maximum absolute atomic E-state index is 11.0. The van der Waals surface area contributed by atoms with Crippen molar-refractivity contribution in [1.82, 2.24) is 0 Å². The van der Waals surface area contributed by atoms with Crippen LogP contribution in [0.1, 0.15) is 142 Å². The topological polar surface area (TPSA) is 133 Å². The Balaban J connectivity index is -0.000000688. The number of ether oxygens (including phenoxy) is 2. The Labute approximate surface area is 261 Å². The molecule has 0 amide bonds. The first-order valence-corrected chi connectivity index (χ1v) is 15.4. The van der Waals surface area contributed by atoms with Gasteiger partial charge in [0.2, 0.25) is 0 Å². The zero-order valence-electron chi connectivity index (χ0n) is 25.8. The minimum Gasteiger partial charge on any atom is -0.545 e. The number of carbonyl (C=O) groups excluding carboxylic acids is 4. The van der Waals surface area contributed by atoms with Crippen LogP contribution in [0.2, 0.25) is 0 Å². The van der Waals surface area contributed by atoms with Gasteiger partial charge in [-0.15, -0.1) is 0 Å². The van der Waals surface area contributed by atoms with Crippen LogP contribution in [-0.4, -0.2) is 37.1 Å². The van der Waals surface area contributed by atoms with Crippen LogP contribution in [-0.2, 0) is 48.1 Å². The van der Waals surface area contributed by atoms with Crippen LogP contribution in [0.4, 0.5) is 0 Å². The van der Waals surface area contributed by atoms with Gasteiger partial charge in [0.25, 0.3) is 0 Å². The van der Waals surface area contributed by atoms with Crippen LogP contribution in [0, 0.1) is 0 Å². The first-order chi connectivity index (χ1) is 19.3. The summed E-state index contributed by atoms with van der Waals surface area (Å²) in [5.41, 5.74) is 0. The van der Waals surface area contributed by atoms with Gasteiger partial charge in [0.15, 0.2) is 0 Å². The first kappa shape index (κ1) is 43.4. The Morgan fingerprint density at radius 2 is 0.683 bits per heavy atom. The van der Waals surface area contributed by atoms with Gasteiger partial charge in [-0.25, -0.2) is 9.59 Å². The van der Waals surface area contributed by atoms with Crippen molar-refractivity contribution in [2.45, 2.75) is 142 Å². The fraction of sp³-hybridized carbons (Fsp3) is 0.750. The summed E-state index contributed by atoms with van der Waals surface area (Å²) in [5.74, 6) is -4.02. The smallest absolute Gasteiger partial charge is 0.545 e. The molecule has 0 aliphatic heterocycles. The average Bonchev–Trinajstić information content (AvgIpc) is 2.92. The molecule has 0 aromatic carbocycles. The summed E-state index contributed by atoms with van der Waals surface area (Å²) in [5, 5.41) is 20.1. The van der Waals surface area contributed by atoms with Crippen molar-refractivity contribution in [2.24, 2.45) is 0 Å². The van der Waals surface area contributed by atoms with Crippen LogP contribution in [0.15, 0.2) is 24.3 Å². The van der Waals surface area contributed by atoms with E-state index >= 15 is 0 Å². The van der Waals surface area contributed by atoms with Crippen LogP contribution in [0.3, 0.4) is 0 Å². The molecule has 232 valence electrons. The van der Waals surface area contributed by atoms with Gasteiger partial charge in [-0.05, 0) is 25.0 Å². The number of aliphatic carboxylic acids is 2. The monoisotopic (exact) mass is 630 g/mol. The maximum Gasteiger partial charge on any atom is 2.00 e. The van der Waals surface area contributed by atoms with Crippen molar-refractivity contribution in [3.63, 3.8) is 0 Å². The largest absolute Gasteiger partial charge is 2.00 e. The maximum atomic E-state index is 11.0. The second kappa shape index (κ2) is 36.0. The van der Waals surface area contributed by atoms with E-state index in [2.05, 4.69) is 13.8 Å². The minimum absolute atomic E-state index is 0. The Hall–Kier alpha value is -2.02. The second-order valence-corrected chi connectivity index (χ2v) is 10.0. The van der Waals surface area contributed by atoms with Crippen molar-refractivity contribution in [3.05, 3.63) is 24.3 Å². The van der Waals surface area contributed by atoms with E-state index in [-0.39, 0.29) is 19.5 Å². The molecule has 0 aromatic heterocycles. The van der Waals surface area contributed by atoms with Gasteiger partial charge in [0.05, 0.1) is 25.2 Å². The predicted octanol–water partition coefficient (Wildman–Crippen LogP) is 5.51. The molecule has 0 atom stereocenters. The number of carbonyl (C=O) groups is 4. The quantitative estimate of drug-likeness (QED) is 0.0528. The normalized spacial score (nSPS) is 10.6. The molecule has 41 heavy (non-hydrogen) atoms. The summed E-state index contributed by atoms with van der Waals surface area (Å²) in [7, 11) is 0.